The Morgan fingerprint density at radius 2 is 2.33 bits per heavy atom. The molecule has 0 aliphatic carbocycles. The summed E-state index contributed by atoms with van der Waals surface area (Å²) >= 11 is 0. The van der Waals surface area contributed by atoms with Gasteiger partial charge in [-0.25, -0.2) is 9.18 Å². The minimum atomic E-state index is -0.682. The second-order valence-electron chi connectivity index (χ2n) is 3.95. The summed E-state index contributed by atoms with van der Waals surface area (Å²) in [6, 6.07) is 5.45. The molecule has 1 aromatic rings. The molecule has 1 amide bonds. The number of rotatable bonds is 5. The number of carbonyl (C=O) groups excluding carboxylic acids is 1. The third kappa shape index (κ3) is 4.97. The van der Waals surface area contributed by atoms with Gasteiger partial charge in [-0.15, -0.1) is 0 Å². The molecule has 1 atom stereocenters. The molecule has 0 bridgehead atoms. The molecule has 0 fully saturated rings. The number of alkyl carbamates (subject to hydrolysis) is 1. The number of hydrogen-bond acceptors (Lipinski definition) is 3. The van der Waals surface area contributed by atoms with Crippen molar-refractivity contribution in [2.75, 3.05) is 6.61 Å². The number of ether oxygens (including phenoxy) is 1. The third-order valence-corrected chi connectivity index (χ3v) is 2.18. The van der Waals surface area contributed by atoms with Crippen molar-refractivity contribution in [3.05, 3.63) is 48.0 Å². The zero-order chi connectivity index (χ0) is 13.5. The maximum absolute atomic E-state index is 13.0. The highest BCUT2D eigenvalue weighted by molar-refractivity contribution is 5.68. The second-order valence-corrected chi connectivity index (χ2v) is 3.95. The fraction of sp³-hybridized carbons (Fsp3) is 0.308. The SMILES string of the molecule is C=C(C)OC(=O)N[C@H](CO)Cc1cccc(F)c1. The zero-order valence-electron chi connectivity index (χ0n) is 10.1. The molecule has 98 valence electrons. The summed E-state index contributed by atoms with van der Waals surface area (Å²) in [5, 5.41) is 11.6. The fourth-order valence-corrected chi connectivity index (χ4v) is 1.46. The first-order valence-corrected chi connectivity index (χ1v) is 5.50. The van der Waals surface area contributed by atoms with E-state index in [1.54, 1.807) is 19.1 Å². The van der Waals surface area contributed by atoms with E-state index in [-0.39, 0.29) is 18.2 Å². The van der Waals surface area contributed by atoms with Crippen LogP contribution < -0.4 is 5.32 Å². The summed E-state index contributed by atoms with van der Waals surface area (Å²) in [5.41, 5.74) is 0.685. The van der Waals surface area contributed by atoms with Crippen LogP contribution in [0.2, 0.25) is 0 Å². The van der Waals surface area contributed by atoms with Gasteiger partial charge in [-0.1, -0.05) is 18.7 Å². The number of carbonyl (C=O) groups is 1. The minimum absolute atomic E-state index is 0.259. The van der Waals surface area contributed by atoms with Crippen molar-refractivity contribution >= 4 is 6.09 Å². The van der Waals surface area contributed by atoms with E-state index in [4.69, 9.17) is 9.84 Å². The lowest BCUT2D eigenvalue weighted by Gasteiger charge is -2.16. The van der Waals surface area contributed by atoms with E-state index in [1.165, 1.54) is 12.1 Å². The molecule has 1 aromatic carbocycles. The molecule has 1 rings (SSSR count). The molecule has 0 unspecified atom stereocenters. The molecule has 4 nitrogen and oxygen atoms in total. The predicted octanol–water partition coefficient (Wildman–Crippen LogP) is 1.99. The van der Waals surface area contributed by atoms with E-state index >= 15 is 0 Å². The highest BCUT2D eigenvalue weighted by atomic mass is 19.1. The zero-order valence-corrected chi connectivity index (χ0v) is 10.1. The van der Waals surface area contributed by atoms with Crippen LogP contribution in [0, 0.1) is 5.82 Å². The monoisotopic (exact) mass is 253 g/mol. The predicted molar refractivity (Wildman–Crippen MR) is 65.4 cm³/mol. The van der Waals surface area contributed by atoms with Gasteiger partial charge in [-0.2, -0.15) is 0 Å². The number of aliphatic hydroxyl groups is 1. The molecule has 0 saturated carbocycles. The van der Waals surface area contributed by atoms with Crippen LogP contribution in [0.3, 0.4) is 0 Å². The average Bonchev–Trinajstić information content (AvgIpc) is 2.27. The van der Waals surface area contributed by atoms with Crippen LogP contribution in [0.4, 0.5) is 9.18 Å². The van der Waals surface area contributed by atoms with E-state index in [0.29, 0.717) is 12.0 Å². The Morgan fingerprint density at radius 3 is 2.89 bits per heavy atom. The van der Waals surface area contributed by atoms with Gasteiger partial charge in [0.1, 0.15) is 5.82 Å². The molecule has 0 aromatic heterocycles. The first-order valence-electron chi connectivity index (χ1n) is 5.50. The van der Waals surface area contributed by atoms with Crippen molar-refractivity contribution in [1.29, 1.82) is 0 Å². The largest absolute Gasteiger partial charge is 0.416 e. The Morgan fingerprint density at radius 1 is 1.61 bits per heavy atom. The van der Waals surface area contributed by atoms with Crippen molar-refractivity contribution in [2.45, 2.75) is 19.4 Å². The first-order chi connectivity index (χ1) is 8.51. The van der Waals surface area contributed by atoms with Gasteiger partial charge in [0, 0.05) is 0 Å². The number of benzene rings is 1. The highest BCUT2D eigenvalue weighted by Gasteiger charge is 2.13. The summed E-state index contributed by atoms with van der Waals surface area (Å²) in [6.07, 6.45) is -0.363. The Labute approximate surface area is 105 Å². The van der Waals surface area contributed by atoms with E-state index in [9.17, 15) is 9.18 Å². The smallest absolute Gasteiger partial charge is 0.412 e. The lowest BCUT2D eigenvalue weighted by Crippen LogP contribution is -2.39. The van der Waals surface area contributed by atoms with Crippen molar-refractivity contribution < 1.29 is 19.0 Å². The molecule has 5 heteroatoms. The molecule has 0 aliphatic rings. The molecule has 18 heavy (non-hydrogen) atoms. The third-order valence-electron chi connectivity index (χ3n) is 2.18. The lowest BCUT2D eigenvalue weighted by molar-refractivity contribution is 0.162. The number of hydrogen-bond donors (Lipinski definition) is 2. The van der Waals surface area contributed by atoms with Crippen molar-refractivity contribution in [2.24, 2.45) is 0 Å². The number of allylic oxidation sites excluding steroid dienone is 1. The van der Waals surface area contributed by atoms with E-state index in [1.807, 2.05) is 0 Å². The Kier molecular flexibility index (Phi) is 5.32. The molecule has 0 radical (unpaired) electrons. The van der Waals surface area contributed by atoms with Crippen LogP contribution >= 0.6 is 0 Å². The van der Waals surface area contributed by atoms with Gasteiger partial charge in [0.15, 0.2) is 0 Å². The Balaban J connectivity index is 2.57. The maximum atomic E-state index is 13.0. The van der Waals surface area contributed by atoms with E-state index in [2.05, 4.69) is 11.9 Å². The Hall–Kier alpha value is -1.88. The molecular formula is C13H16FNO3. The van der Waals surface area contributed by atoms with Crippen LogP contribution in [0.25, 0.3) is 0 Å². The standard InChI is InChI=1S/C13H16FNO3/c1-9(2)18-13(17)15-12(8-16)7-10-4-3-5-11(14)6-10/h3-6,12,16H,1,7-8H2,2H3,(H,15,17)/t12-/m0/s1. The minimum Gasteiger partial charge on any atom is -0.416 e. The molecular weight excluding hydrogens is 237 g/mol. The number of halogens is 1. The van der Waals surface area contributed by atoms with Crippen molar-refractivity contribution in [3.63, 3.8) is 0 Å². The average molecular weight is 253 g/mol. The van der Waals surface area contributed by atoms with Crippen LogP contribution in [0.1, 0.15) is 12.5 Å². The van der Waals surface area contributed by atoms with Gasteiger partial charge in [-0.05, 0) is 31.0 Å². The molecule has 0 aliphatic heterocycles. The summed E-state index contributed by atoms with van der Waals surface area (Å²) < 4.78 is 17.7. The normalized spacial score (nSPS) is 11.7. The lowest BCUT2D eigenvalue weighted by atomic mass is 10.1. The summed E-state index contributed by atoms with van der Waals surface area (Å²) in [5.74, 6) is -0.0938. The molecule has 2 N–H and O–H groups in total. The van der Waals surface area contributed by atoms with Gasteiger partial charge >= 0.3 is 6.09 Å². The Bertz CT molecular complexity index is 434. The van der Waals surface area contributed by atoms with Crippen molar-refractivity contribution in [3.8, 4) is 0 Å². The molecule has 0 heterocycles. The fourth-order valence-electron chi connectivity index (χ4n) is 1.46. The van der Waals surface area contributed by atoms with Crippen molar-refractivity contribution in [1.82, 2.24) is 5.32 Å². The van der Waals surface area contributed by atoms with Crippen LogP contribution in [0.15, 0.2) is 36.6 Å². The maximum Gasteiger partial charge on any atom is 0.412 e. The van der Waals surface area contributed by atoms with Gasteiger partial charge in [0.2, 0.25) is 0 Å². The van der Waals surface area contributed by atoms with E-state index < -0.39 is 12.1 Å². The first kappa shape index (κ1) is 14.2. The van der Waals surface area contributed by atoms with Crippen LogP contribution in [-0.4, -0.2) is 23.8 Å². The summed E-state index contributed by atoms with van der Waals surface area (Å²) in [7, 11) is 0. The highest BCUT2D eigenvalue weighted by Crippen LogP contribution is 2.07. The number of amides is 1. The quantitative estimate of drug-likeness (QED) is 0.789. The van der Waals surface area contributed by atoms with Crippen LogP contribution in [-0.2, 0) is 11.2 Å². The summed E-state index contributed by atoms with van der Waals surface area (Å²) in [4.78, 5) is 11.3. The van der Waals surface area contributed by atoms with Gasteiger partial charge in [-0.3, -0.25) is 0 Å². The number of aliphatic hydroxyl groups excluding tert-OH is 1. The molecule has 0 saturated heterocycles. The van der Waals surface area contributed by atoms with E-state index in [0.717, 1.165) is 0 Å². The van der Waals surface area contributed by atoms with Gasteiger partial charge in [0.05, 0.1) is 18.4 Å². The number of nitrogens with one attached hydrogen (secondary N) is 1. The summed E-state index contributed by atoms with van der Waals surface area (Å²) in [6.45, 7) is 4.71. The molecule has 0 spiro atoms. The van der Waals surface area contributed by atoms with Gasteiger partial charge in [0.25, 0.3) is 0 Å². The van der Waals surface area contributed by atoms with Crippen LogP contribution in [0.5, 0.6) is 0 Å². The topological polar surface area (TPSA) is 58.6 Å². The second kappa shape index (κ2) is 6.76. The van der Waals surface area contributed by atoms with Gasteiger partial charge < -0.3 is 15.2 Å².